The minimum absolute atomic E-state index is 0.0253. The fourth-order valence-corrected chi connectivity index (χ4v) is 4.90. The molecule has 1 aromatic carbocycles. The topological polar surface area (TPSA) is 159 Å². The van der Waals surface area contributed by atoms with Crippen LogP contribution >= 0.6 is 11.6 Å². The van der Waals surface area contributed by atoms with E-state index in [2.05, 4.69) is 43.2 Å². The van der Waals surface area contributed by atoms with E-state index in [0.717, 1.165) is 19.3 Å². The number of imidazole rings is 1. The Morgan fingerprint density at radius 1 is 1.14 bits per heavy atom. The monoisotopic (exact) mass is 520 g/mol. The van der Waals surface area contributed by atoms with Crippen molar-refractivity contribution in [2.75, 3.05) is 41.8 Å². The summed E-state index contributed by atoms with van der Waals surface area (Å²) in [5.41, 5.74) is 2.24. The van der Waals surface area contributed by atoms with Crippen LogP contribution in [0.5, 0.6) is 0 Å². The lowest BCUT2D eigenvalue weighted by Gasteiger charge is -2.41. The maximum Gasteiger partial charge on any atom is 0.247 e. The quantitative estimate of drug-likeness (QED) is 0.359. The first kappa shape index (κ1) is 23.7. The first-order chi connectivity index (χ1) is 18.0. The van der Waals surface area contributed by atoms with Crippen LogP contribution in [0.2, 0.25) is 5.02 Å². The molecule has 3 aliphatic rings. The number of nitrogens with zero attached hydrogens (tertiary/aromatic N) is 7. The first-order valence-corrected chi connectivity index (χ1v) is 12.6. The van der Waals surface area contributed by atoms with E-state index in [-0.39, 0.29) is 23.7 Å². The summed E-state index contributed by atoms with van der Waals surface area (Å²) in [6, 6.07) is 8.20. The van der Waals surface area contributed by atoms with Crippen molar-refractivity contribution in [1.29, 1.82) is 10.5 Å². The molecule has 1 saturated carbocycles. The molecule has 2 aromatic heterocycles. The molecule has 12 nitrogen and oxygen atoms in total. The number of fused-ring (bicyclic) bond motifs is 1. The maximum atomic E-state index is 10.8. The average Bonchev–Trinajstić information content (AvgIpc) is 3.59. The van der Waals surface area contributed by atoms with Gasteiger partial charge in [0.05, 0.1) is 59.6 Å². The Hall–Kier alpha value is -3.68. The van der Waals surface area contributed by atoms with Crippen LogP contribution in [0, 0.1) is 22.7 Å². The summed E-state index contributed by atoms with van der Waals surface area (Å²) in [5, 5.41) is 44.7. The molecule has 0 amide bonds. The third kappa shape index (κ3) is 4.72. The SMILES string of the molecule is N#Cc1cc(Nc2nc(NC3CC3)c3ncc(C#N)n3n2)c(Cl)c(N2CCC(NC3COC3)C(O)C2)c1. The van der Waals surface area contributed by atoms with Gasteiger partial charge in [-0.25, -0.2) is 4.98 Å². The first-order valence-electron chi connectivity index (χ1n) is 12.2. The smallest absolute Gasteiger partial charge is 0.247 e. The molecule has 0 spiro atoms. The molecule has 4 N–H and O–H groups in total. The van der Waals surface area contributed by atoms with Crippen molar-refractivity contribution in [2.45, 2.75) is 43.5 Å². The third-order valence-corrected chi connectivity index (χ3v) is 7.23. The van der Waals surface area contributed by atoms with E-state index in [1.165, 1.54) is 10.7 Å². The van der Waals surface area contributed by atoms with Gasteiger partial charge in [0.1, 0.15) is 6.07 Å². The molecule has 0 bridgehead atoms. The predicted molar refractivity (Wildman–Crippen MR) is 136 cm³/mol. The lowest BCUT2D eigenvalue weighted by Crippen LogP contribution is -2.59. The molecule has 37 heavy (non-hydrogen) atoms. The lowest BCUT2D eigenvalue weighted by molar-refractivity contribution is -0.0214. The number of nitriles is 2. The largest absolute Gasteiger partial charge is 0.390 e. The molecule has 1 aliphatic carbocycles. The van der Waals surface area contributed by atoms with Crippen molar-refractivity contribution in [1.82, 2.24) is 24.9 Å². The van der Waals surface area contributed by atoms with Gasteiger partial charge >= 0.3 is 0 Å². The van der Waals surface area contributed by atoms with Gasteiger partial charge in [-0.3, -0.25) is 0 Å². The van der Waals surface area contributed by atoms with Crippen LogP contribution in [0.4, 0.5) is 23.1 Å². The van der Waals surface area contributed by atoms with Crippen molar-refractivity contribution < 1.29 is 9.84 Å². The van der Waals surface area contributed by atoms with Crippen LogP contribution in [0.1, 0.15) is 30.5 Å². The molecule has 2 saturated heterocycles. The Kier molecular flexibility index (Phi) is 6.18. The molecule has 0 radical (unpaired) electrons. The van der Waals surface area contributed by atoms with Crippen LogP contribution in [-0.2, 0) is 4.74 Å². The average molecular weight is 521 g/mol. The predicted octanol–water partition coefficient (Wildman–Crippen LogP) is 1.77. The number of anilines is 4. The second-order valence-corrected chi connectivity index (χ2v) is 9.97. The summed E-state index contributed by atoms with van der Waals surface area (Å²) in [7, 11) is 0. The van der Waals surface area contributed by atoms with E-state index in [1.807, 2.05) is 4.90 Å². The normalized spacial score (nSPS) is 21.8. The molecular weight excluding hydrogens is 496 g/mol. The van der Waals surface area contributed by atoms with Gasteiger partial charge in [0.2, 0.25) is 5.95 Å². The van der Waals surface area contributed by atoms with Crippen molar-refractivity contribution in [2.24, 2.45) is 0 Å². The number of hydrogen-bond donors (Lipinski definition) is 4. The number of ether oxygens (including phenoxy) is 1. The molecule has 2 atom stereocenters. The number of aliphatic hydroxyl groups is 1. The molecule has 2 aliphatic heterocycles. The molecule has 2 unspecified atom stereocenters. The van der Waals surface area contributed by atoms with Gasteiger partial charge in [-0.1, -0.05) is 11.6 Å². The van der Waals surface area contributed by atoms with Gasteiger partial charge in [-0.05, 0) is 31.4 Å². The van der Waals surface area contributed by atoms with E-state index in [4.69, 9.17) is 16.3 Å². The van der Waals surface area contributed by atoms with Gasteiger partial charge in [0.15, 0.2) is 17.2 Å². The second-order valence-electron chi connectivity index (χ2n) is 9.60. The highest BCUT2D eigenvalue weighted by molar-refractivity contribution is 6.36. The fourth-order valence-electron chi connectivity index (χ4n) is 4.62. The summed E-state index contributed by atoms with van der Waals surface area (Å²) in [5.74, 6) is 0.725. The van der Waals surface area contributed by atoms with E-state index in [0.29, 0.717) is 65.8 Å². The molecule has 6 rings (SSSR count). The van der Waals surface area contributed by atoms with Gasteiger partial charge in [-0.2, -0.15) is 20.0 Å². The Bertz CT molecular complexity index is 1420. The summed E-state index contributed by atoms with van der Waals surface area (Å²) in [4.78, 5) is 10.9. The van der Waals surface area contributed by atoms with E-state index in [1.54, 1.807) is 12.1 Å². The Morgan fingerprint density at radius 3 is 2.65 bits per heavy atom. The maximum absolute atomic E-state index is 10.8. The van der Waals surface area contributed by atoms with E-state index >= 15 is 0 Å². The standard InChI is InChI=1S/C24H25ClN10O2/c25-21-18(31-24-32-22(30-14-1-2-14)23-28-9-16(8-27)35(23)33-24)5-13(7-26)6-19(21)34-4-3-17(20(36)10-34)29-15-11-37-12-15/h5-6,9,14-15,17,20,29,36H,1-4,10-12H2,(H2,30,31,32,33). The molecule has 3 aromatic rings. The van der Waals surface area contributed by atoms with E-state index in [9.17, 15) is 15.6 Å². The number of aromatic nitrogens is 4. The molecule has 190 valence electrons. The van der Waals surface area contributed by atoms with E-state index < -0.39 is 6.10 Å². The van der Waals surface area contributed by atoms with Crippen LogP contribution in [0.25, 0.3) is 5.65 Å². The Labute approximate surface area is 217 Å². The summed E-state index contributed by atoms with van der Waals surface area (Å²) >= 11 is 6.84. The minimum atomic E-state index is -0.597. The number of hydrogen-bond acceptors (Lipinski definition) is 11. The second kappa shape index (κ2) is 9.65. The van der Waals surface area contributed by atoms with Gasteiger partial charge in [0, 0.05) is 25.2 Å². The minimum Gasteiger partial charge on any atom is -0.390 e. The van der Waals surface area contributed by atoms with Crippen molar-refractivity contribution in [3.8, 4) is 12.1 Å². The summed E-state index contributed by atoms with van der Waals surface area (Å²) in [6.07, 6.45) is 3.66. The van der Waals surface area contributed by atoms with Crippen molar-refractivity contribution in [3.05, 3.63) is 34.6 Å². The number of benzene rings is 1. The zero-order valence-corrected chi connectivity index (χ0v) is 20.6. The number of β-amino-alcohol motifs (C(OH)–C–C–N with tert-alkyl or cyclic N) is 1. The van der Waals surface area contributed by atoms with Crippen molar-refractivity contribution >= 4 is 40.4 Å². The highest BCUT2D eigenvalue weighted by Gasteiger charge is 2.32. The lowest BCUT2D eigenvalue weighted by atomic mass is 9.99. The molecule has 3 fully saturated rings. The van der Waals surface area contributed by atoms with Crippen LogP contribution < -0.4 is 20.9 Å². The zero-order chi connectivity index (χ0) is 25.5. The van der Waals surface area contributed by atoms with Crippen molar-refractivity contribution in [3.63, 3.8) is 0 Å². The molecular formula is C24H25ClN10O2. The summed E-state index contributed by atoms with van der Waals surface area (Å²) in [6.45, 7) is 2.37. The van der Waals surface area contributed by atoms with Crippen LogP contribution in [-0.4, -0.2) is 75.2 Å². The number of halogens is 1. The summed E-state index contributed by atoms with van der Waals surface area (Å²) < 4.78 is 6.66. The van der Waals surface area contributed by atoms with Gasteiger partial charge in [0.25, 0.3) is 0 Å². The Morgan fingerprint density at radius 2 is 1.97 bits per heavy atom. The number of rotatable bonds is 7. The number of nitrogens with one attached hydrogen (secondary N) is 3. The number of piperidine rings is 1. The van der Waals surface area contributed by atoms with Crippen LogP contribution in [0.15, 0.2) is 18.3 Å². The molecule has 13 heteroatoms. The van der Waals surface area contributed by atoms with Gasteiger partial charge in [-0.15, -0.1) is 5.10 Å². The molecule has 4 heterocycles. The fraction of sp³-hybridized carbons (Fsp3) is 0.458. The van der Waals surface area contributed by atoms with Gasteiger partial charge < -0.3 is 30.7 Å². The highest BCUT2D eigenvalue weighted by atomic mass is 35.5. The zero-order valence-electron chi connectivity index (χ0n) is 19.9. The number of aliphatic hydroxyl groups excluding tert-OH is 1. The highest BCUT2D eigenvalue weighted by Crippen LogP contribution is 2.37. The van der Waals surface area contributed by atoms with Crippen LogP contribution in [0.3, 0.4) is 0 Å². The third-order valence-electron chi connectivity index (χ3n) is 6.83. The Balaban J connectivity index is 1.29.